The molecule has 1 saturated heterocycles. The minimum Gasteiger partial charge on any atom is -0.616 e. The number of thiophene rings is 1. The van der Waals surface area contributed by atoms with Crippen LogP contribution >= 0.6 is 11.3 Å². The first-order valence-electron chi connectivity index (χ1n) is 10.8. The summed E-state index contributed by atoms with van der Waals surface area (Å²) < 4.78 is 54.3. The number of rotatable bonds is 6. The van der Waals surface area contributed by atoms with Crippen LogP contribution in [0.1, 0.15) is 21.3 Å². The van der Waals surface area contributed by atoms with E-state index in [1.807, 2.05) is 0 Å². The van der Waals surface area contributed by atoms with Gasteiger partial charge in [0.25, 0.3) is 5.91 Å². The first-order valence-corrected chi connectivity index (χ1v) is 13.1. The third kappa shape index (κ3) is 5.70. The molecule has 0 saturated carbocycles. The van der Waals surface area contributed by atoms with Gasteiger partial charge in [0.05, 0.1) is 30.7 Å². The van der Waals surface area contributed by atoms with Crippen molar-refractivity contribution in [1.29, 1.82) is 0 Å². The van der Waals surface area contributed by atoms with Crippen LogP contribution in [0.15, 0.2) is 47.4 Å². The molecule has 192 valence electrons. The molecule has 0 atom stereocenters. The minimum atomic E-state index is -4.73. The van der Waals surface area contributed by atoms with Crippen LogP contribution < -0.4 is 4.90 Å². The van der Waals surface area contributed by atoms with Crippen LogP contribution in [-0.2, 0) is 23.9 Å². The van der Waals surface area contributed by atoms with Gasteiger partial charge in [-0.15, -0.1) is 21.5 Å². The summed E-state index contributed by atoms with van der Waals surface area (Å²) in [7, 11) is 0. The molecule has 16 heteroatoms. The molecule has 0 unspecified atom stereocenters. The van der Waals surface area contributed by atoms with E-state index in [2.05, 4.69) is 34.8 Å². The molecule has 0 N–H and O–H groups in total. The smallest absolute Gasteiger partial charge is 0.471 e. The van der Waals surface area contributed by atoms with E-state index < -0.39 is 23.2 Å². The van der Waals surface area contributed by atoms with Gasteiger partial charge in [-0.25, -0.2) is 4.98 Å². The van der Waals surface area contributed by atoms with E-state index in [1.54, 1.807) is 34.1 Å². The molecule has 5 rings (SSSR count). The lowest BCUT2D eigenvalue weighted by molar-refractivity contribution is -0.159. The number of carbonyl (C=O) groups is 1. The molecule has 0 aliphatic carbocycles. The zero-order valence-electron chi connectivity index (χ0n) is 18.8. The molecule has 0 radical (unpaired) electrons. The number of nitrogens with zero attached hydrogens (tertiary/aromatic N) is 8. The van der Waals surface area contributed by atoms with Crippen molar-refractivity contribution >= 4 is 40.1 Å². The Morgan fingerprint density at radius 1 is 1.14 bits per heavy atom. The van der Waals surface area contributed by atoms with Crippen LogP contribution in [0.5, 0.6) is 0 Å². The van der Waals surface area contributed by atoms with Gasteiger partial charge in [-0.3, -0.25) is 9.78 Å². The Morgan fingerprint density at radius 2 is 1.95 bits per heavy atom. The van der Waals surface area contributed by atoms with Gasteiger partial charge in [-0.1, -0.05) is 16.3 Å². The highest BCUT2D eigenvalue weighted by Crippen LogP contribution is 2.33. The Bertz CT molecular complexity index is 1360. The lowest BCUT2D eigenvalue weighted by Crippen LogP contribution is -2.44. The fourth-order valence-corrected chi connectivity index (χ4v) is 5.45. The Balaban J connectivity index is 1.36. The van der Waals surface area contributed by atoms with E-state index in [0.717, 1.165) is 4.88 Å². The molecular formula is C21H17F3N8O3S2. The van der Waals surface area contributed by atoms with Crippen molar-refractivity contribution in [1.82, 2.24) is 35.2 Å². The highest BCUT2D eigenvalue weighted by atomic mass is 32.2. The van der Waals surface area contributed by atoms with Gasteiger partial charge in [0, 0.05) is 17.3 Å². The molecule has 5 heterocycles. The van der Waals surface area contributed by atoms with Crippen molar-refractivity contribution in [2.45, 2.75) is 12.7 Å². The highest BCUT2D eigenvalue weighted by Gasteiger charge is 2.38. The zero-order valence-corrected chi connectivity index (χ0v) is 20.5. The second kappa shape index (κ2) is 10.4. The molecule has 11 nitrogen and oxygen atoms in total. The number of halogens is 3. The van der Waals surface area contributed by atoms with E-state index >= 15 is 0 Å². The summed E-state index contributed by atoms with van der Waals surface area (Å²) in [6.07, 6.45) is -0.185. The molecule has 1 fully saturated rings. The molecule has 0 bridgehead atoms. The van der Waals surface area contributed by atoms with Crippen LogP contribution in [0.2, 0.25) is 0 Å². The summed E-state index contributed by atoms with van der Waals surface area (Å²) >= 11 is 0.269. The van der Waals surface area contributed by atoms with Crippen LogP contribution in [-0.4, -0.2) is 70.3 Å². The fourth-order valence-electron chi connectivity index (χ4n) is 3.47. The molecule has 0 spiro atoms. The summed E-state index contributed by atoms with van der Waals surface area (Å²) in [6.45, 7) is 1.02. The molecule has 1 amide bonds. The number of carbonyl (C=O) groups excluding carboxylic acids is 1. The lowest BCUT2D eigenvalue weighted by atomic mass is 10.3. The largest absolute Gasteiger partial charge is 0.616 e. The average molecular weight is 551 g/mol. The predicted octanol–water partition coefficient (Wildman–Crippen LogP) is 2.94. The topological polar surface area (TPSA) is 137 Å². The minimum absolute atomic E-state index is 0.159. The molecule has 1 aliphatic heterocycles. The van der Waals surface area contributed by atoms with Crippen LogP contribution in [0, 0.1) is 0 Å². The molecular weight excluding hydrogens is 533 g/mol. The average Bonchev–Trinajstić information content (AvgIpc) is 3.58. The standard InChI is InChI=1S/C21H17F3N8O3S2/c22-21(23,24)20-27-18(30-35-20)15-3-1-13(36-15)12-32(17-11-25-5-6-26-17)16-4-2-14(28-29-16)19(33)31-7-9-37(34)10-8-31/h1-6,11H,7-10,12H2. The van der Waals surface area contributed by atoms with Crippen molar-refractivity contribution < 1.29 is 27.0 Å². The summed E-state index contributed by atoms with van der Waals surface area (Å²) in [5, 5.41) is 11.7. The van der Waals surface area contributed by atoms with E-state index in [1.165, 1.54) is 29.9 Å². The first-order chi connectivity index (χ1) is 17.8. The first kappa shape index (κ1) is 25.0. The maximum Gasteiger partial charge on any atom is 0.471 e. The molecule has 4 aromatic heterocycles. The number of hydrogen-bond donors (Lipinski definition) is 0. The van der Waals surface area contributed by atoms with Crippen molar-refractivity contribution in [3.8, 4) is 10.7 Å². The second-order valence-electron chi connectivity index (χ2n) is 7.75. The lowest BCUT2D eigenvalue weighted by Gasteiger charge is -2.27. The monoisotopic (exact) mass is 550 g/mol. The van der Waals surface area contributed by atoms with Crippen LogP contribution in [0.3, 0.4) is 0 Å². The van der Waals surface area contributed by atoms with Gasteiger partial charge in [0.15, 0.2) is 17.3 Å². The van der Waals surface area contributed by atoms with Crippen molar-refractivity contribution in [2.75, 3.05) is 29.5 Å². The van der Waals surface area contributed by atoms with Gasteiger partial charge in [-0.2, -0.15) is 18.2 Å². The van der Waals surface area contributed by atoms with Crippen molar-refractivity contribution in [3.05, 3.63) is 59.3 Å². The predicted molar refractivity (Wildman–Crippen MR) is 126 cm³/mol. The number of anilines is 2. The summed E-state index contributed by atoms with van der Waals surface area (Å²) in [5.41, 5.74) is 0.159. The maximum atomic E-state index is 12.8. The molecule has 37 heavy (non-hydrogen) atoms. The highest BCUT2D eigenvalue weighted by molar-refractivity contribution is 7.91. The van der Waals surface area contributed by atoms with Crippen molar-refractivity contribution in [3.63, 3.8) is 0 Å². The number of alkyl halides is 3. The van der Waals surface area contributed by atoms with E-state index in [4.69, 9.17) is 0 Å². The van der Waals surface area contributed by atoms with E-state index in [9.17, 15) is 22.5 Å². The number of amides is 1. The third-order valence-electron chi connectivity index (χ3n) is 5.30. The Labute approximate surface area is 214 Å². The quantitative estimate of drug-likeness (QED) is 0.330. The fraction of sp³-hybridized carbons (Fsp3) is 0.286. The Hall–Kier alpha value is -3.63. The van der Waals surface area contributed by atoms with Crippen LogP contribution in [0.4, 0.5) is 24.8 Å². The van der Waals surface area contributed by atoms with Gasteiger partial charge in [0.2, 0.25) is 5.82 Å². The normalized spacial score (nSPS) is 14.6. The Kier molecular flexibility index (Phi) is 7.03. The van der Waals surface area contributed by atoms with Crippen LogP contribution in [0.25, 0.3) is 10.7 Å². The molecule has 4 aromatic rings. The summed E-state index contributed by atoms with van der Waals surface area (Å²) in [5.74, 6) is -0.179. The van der Waals surface area contributed by atoms with E-state index in [0.29, 0.717) is 41.1 Å². The number of hydrogen-bond acceptors (Lipinski definition) is 11. The molecule has 1 aliphatic rings. The zero-order chi connectivity index (χ0) is 26.0. The van der Waals surface area contributed by atoms with Gasteiger partial charge >= 0.3 is 12.1 Å². The summed E-state index contributed by atoms with van der Waals surface area (Å²) in [6, 6.07) is 6.50. The summed E-state index contributed by atoms with van der Waals surface area (Å²) in [4.78, 5) is 29.0. The van der Waals surface area contributed by atoms with E-state index in [-0.39, 0.29) is 24.0 Å². The van der Waals surface area contributed by atoms with Gasteiger partial charge in [-0.05, 0) is 24.3 Å². The third-order valence-corrected chi connectivity index (χ3v) is 7.64. The SMILES string of the molecule is O=C(c1ccc(N(Cc2ccc(-c3noc(C(F)(F)F)n3)s2)c2cnccn2)nn1)N1CC[S+]([O-])CC1. The number of aromatic nitrogens is 6. The van der Waals surface area contributed by atoms with Crippen molar-refractivity contribution in [2.24, 2.45) is 0 Å². The second-order valence-corrected chi connectivity index (χ2v) is 10.6. The van der Waals surface area contributed by atoms with Gasteiger partial charge in [0.1, 0.15) is 11.5 Å². The molecule has 0 aromatic carbocycles. The maximum absolute atomic E-state index is 12.8. The Morgan fingerprint density at radius 3 is 2.59 bits per heavy atom. The van der Waals surface area contributed by atoms with Gasteiger partial charge < -0.3 is 18.9 Å².